The van der Waals surface area contributed by atoms with Crippen LogP contribution in [0.2, 0.25) is 0 Å². The van der Waals surface area contributed by atoms with E-state index in [-0.39, 0.29) is 30.3 Å². The highest BCUT2D eigenvalue weighted by Gasteiger charge is 2.19. The molecule has 0 spiro atoms. The molecule has 0 aliphatic heterocycles. The molecule has 0 aliphatic carbocycles. The van der Waals surface area contributed by atoms with Gasteiger partial charge in [-0.15, -0.1) is 0 Å². The summed E-state index contributed by atoms with van der Waals surface area (Å²) < 4.78 is 16.4. The Bertz CT molecular complexity index is 929. The molecule has 0 saturated heterocycles. The topological polar surface area (TPSA) is 99.9 Å². The molecular weight excluding hydrogens is 444 g/mol. The van der Waals surface area contributed by atoms with E-state index in [0.717, 1.165) is 10.0 Å². The molecule has 0 aromatic heterocycles. The minimum Gasteiger partial charge on any atom is -0.496 e. The average molecular weight is 465 g/mol. The largest absolute Gasteiger partial charge is 0.496 e. The van der Waals surface area contributed by atoms with Gasteiger partial charge in [-0.25, -0.2) is 0 Å². The van der Waals surface area contributed by atoms with E-state index in [2.05, 4.69) is 21.2 Å². The quantitative estimate of drug-likeness (QED) is 0.344. The van der Waals surface area contributed by atoms with Crippen LogP contribution in [0, 0.1) is 10.1 Å². The number of hydrogen-bond donors (Lipinski definition) is 1. The van der Waals surface area contributed by atoms with Crippen molar-refractivity contribution in [3.8, 4) is 17.2 Å². The minimum absolute atomic E-state index is 0.0914. The monoisotopic (exact) mass is 464 g/mol. The van der Waals surface area contributed by atoms with E-state index in [0.29, 0.717) is 17.1 Å². The first-order chi connectivity index (χ1) is 13.9. The Kier molecular flexibility index (Phi) is 8.02. The lowest BCUT2D eigenvalue weighted by Crippen LogP contribution is -2.23. The summed E-state index contributed by atoms with van der Waals surface area (Å²) in [6, 6.07) is 8.32. The fourth-order valence-corrected chi connectivity index (χ4v) is 3.04. The first kappa shape index (κ1) is 22.2. The van der Waals surface area contributed by atoms with Crippen molar-refractivity contribution in [2.24, 2.45) is 0 Å². The second-order valence-electron chi connectivity index (χ2n) is 5.85. The SMILES string of the molecule is COc1ccc(Br)cc1/C=C/C(=O)NCCc1cc(OC)c(OC)cc1[N+](=O)[O-]. The summed E-state index contributed by atoms with van der Waals surface area (Å²) in [4.78, 5) is 22.9. The lowest BCUT2D eigenvalue weighted by Gasteiger charge is -2.10. The molecule has 8 nitrogen and oxygen atoms in total. The number of nitro benzene ring substituents is 1. The maximum Gasteiger partial charge on any atom is 0.276 e. The molecule has 0 radical (unpaired) electrons. The predicted octanol–water partition coefficient (Wildman–Crippen LogP) is 3.76. The lowest BCUT2D eigenvalue weighted by molar-refractivity contribution is -0.385. The van der Waals surface area contributed by atoms with Gasteiger partial charge >= 0.3 is 0 Å². The number of carbonyl (C=O) groups excluding carboxylic acids is 1. The van der Waals surface area contributed by atoms with Gasteiger partial charge in [-0.3, -0.25) is 14.9 Å². The maximum atomic E-state index is 12.1. The summed E-state index contributed by atoms with van der Waals surface area (Å²) >= 11 is 3.38. The number of ether oxygens (including phenoxy) is 3. The summed E-state index contributed by atoms with van der Waals surface area (Å²) in [5.41, 5.74) is 1.09. The zero-order valence-electron chi connectivity index (χ0n) is 16.2. The Labute approximate surface area is 176 Å². The van der Waals surface area contributed by atoms with E-state index in [1.165, 1.54) is 26.4 Å². The smallest absolute Gasteiger partial charge is 0.276 e. The second kappa shape index (κ2) is 10.5. The summed E-state index contributed by atoms with van der Waals surface area (Å²) in [5.74, 6) is 0.979. The lowest BCUT2D eigenvalue weighted by atomic mass is 10.1. The summed E-state index contributed by atoms with van der Waals surface area (Å²) in [6.45, 7) is 0.217. The number of carbonyl (C=O) groups is 1. The molecule has 0 saturated carbocycles. The molecular formula is C20H21BrN2O6. The second-order valence-corrected chi connectivity index (χ2v) is 6.77. The number of nitrogens with zero attached hydrogens (tertiary/aromatic N) is 1. The van der Waals surface area contributed by atoms with Crippen molar-refractivity contribution in [2.45, 2.75) is 6.42 Å². The van der Waals surface area contributed by atoms with Crippen molar-refractivity contribution in [3.63, 3.8) is 0 Å². The number of hydrogen-bond acceptors (Lipinski definition) is 6. The van der Waals surface area contributed by atoms with E-state index in [9.17, 15) is 14.9 Å². The van der Waals surface area contributed by atoms with Crippen molar-refractivity contribution in [1.82, 2.24) is 5.32 Å². The summed E-state index contributed by atoms with van der Waals surface area (Å²) in [7, 11) is 4.42. The van der Waals surface area contributed by atoms with E-state index >= 15 is 0 Å². The molecule has 2 rings (SSSR count). The summed E-state index contributed by atoms with van der Waals surface area (Å²) in [5, 5.41) is 14.0. The van der Waals surface area contributed by atoms with Gasteiger partial charge in [-0.2, -0.15) is 0 Å². The number of halogens is 1. The molecule has 0 bridgehead atoms. The van der Waals surface area contributed by atoms with Crippen LogP contribution in [0.15, 0.2) is 40.9 Å². The van der Waals surface area contributed by atoms with Crippen LogP contribution in [0.3, 0.4) is 0 Å². The minimum atomic E-state index is -0.488. The Morgan fingerprint density at radius 2 is 1.76 bits per heavy atom. The van der Waals surface area contributed by atoms with Crippen LogP contribution < -0.4 is 19.5 Å². The molecule has 0 fully saturated rings. The Morgan fingerprint density at radius 1 is 1.10 bits per heavy atom. The number of nitro groups is 1. The van der Waals surface area contributed by atoms with Crippen molar-refractivity contribution in [3.05, 3.63) is 62.1 Å². The van der Waals surface area contributed by atoms with Crippen molar-refractivity contribution >= 4 is 33.6 Å². The highest BCUT2D eigenvalue weighted by Crippen LogP contribution is 2.34. The van der Waals surface area contributed by atoms with Crippen molar-refractivity contribution < 1.29 is 23.9 Å². The fraction of sp³-hybridized carbons (Fsp3) is 0.250. The van der Waals surface area contributed by atoms with Crippen molar-refractivity contribution in [1.29, 1.82) is 0 Å². The van der Waals surface area contributed by atoms with E-state index in [1.807, 2.05) is 12.1 Å². The maximum absolute atomic E-state index is 12.1. The number of benzene rings is 2. The van der Waals surface area contributed by atoms with Crippen LogP contribution in [0.5, 0.6) is 17.2 Å². The Hall–Kier alpha value is -3.07. The normalized spacial score (nSPS) is 10.6. The van der Waals surface area contributed by atoms with Gasteiger partial charge in [0.25, 0.3) is 5.69 Å². The van der Waals surface area contributed by atoms with Crippen molar-refractivity contribution in [2.75, 3.05) is 27.9 Å². The third kappa shape index (κ3) is 5.95. The zero-order chi connectivity index (χ0) is 21.4. The van der Waals surface area contributed by atoms with Gasteiger partial charge in [0.05, 0.1) is 32.3 Å². The zero-order valence-corrected chi connectivity index (χ0v) is 17.8. The number of rotatable bonds is 9. The van der Waals surface area contributed by atoms with Gasteiger partial charge in [0.1, 0.15) is 5.75 Å². The van der Waals surface area contributed by atoms with E-state index in [4.69, 9.17) is 14.2 Å². The first-order valence-corrected chi connectivity index (χ1v) is 9.37. The third-order valence-corrected chi connectivity index (χ3v) is 4.57. The highest BCUT2D eigenvalue weighted by molar-refractivity contribution is 9.10. The number of nitrogens with one attached hydrogen (secondary N) is 1. The predicted molar refractivity (Wildman–Crippen MR) is 113 cm³/mol. The van der Waals surface area contributed by atoms with Gasteiger partial charge in [0, 0.05) is 28.2 Å². The van der Waals surface area contributed by atoms with Crippen LogP contribution in [-0.2, 0) is 11.2 Å². The molecule has 0 aliphatic rings. The fourth-order valence-electron chi connectivity index (χ4n) is 2.66. The molecule has 2 aromatic carbocycles. The molecule has 2 aromatic rings. The van der Waals surface area contributed by atoms with Gasteiger partial charge in [0.2, 0.25) is 5.91 Å². The van der Waals surface area contributed by atoms with Gasteiger partial charge in [0.15, 0.2) is 11.5 Å². The van der Waals surface area contributed by atoms with Crippen LogP contribution >= 0.6 is 15.9 Å². The Morgan fingerprint density at radius 3 is 2.38 bits per heavy atom. The van der Waals surface area contributed by atoms with Gasteiger partial charge in [-0.1, -0.05) is 15.9 Å². The van der Waals surface area contributed by atoms with E-state index < -0.39 is 4.92 Å². The molecule has 1 N–H and O–H groups in total. The third-order valence-electron chi connectivity index (χ3n) is 4.08. The van der Waals surface area contributed by atoms with Gasteiger partial charge in [-0.05, 0) is 36.8 Å². The average Bonchev–Trinajstić information content (AvgIpc) is 2.71. The molecule has 0 heterocycles. The molecule has 1 amide bonds. The Balaban J connectivity index is 2.05. The van der Waals surface area contributed by atoms with Crippen LogP contribution in [0.4, 0.5) is 5.69 Å². The standard InChI is InChI=1S/C20H21BrN2O6/c1-27-17-6-5-15(21)10-14(17)4-7-20(24)22-9-8-13-11-18(28-2)19(29-3)12-16(13)23(25)26/h4-7,10-12H,8-9H2,1-3H3,(H,22,24)/b7-4+. The summed E-state index contributed by atoms with van der Waals surface area (Å²) in [6.07, 6.45) is 3.28. The molecule has 29 heavy (non-hydrogen) atoms. The van der Waals surface area contributed by atoms with Crippen LogP contribution in [0.25, 0.3) is 6.08 Å². The van der Waals surface area contributed by atoms with E-state index in [1.54, 1.807) is 25.3 Å². The molecule has 0 unspecified atom stereocenters. The van der Waals surface area contributed by atoms with Crippen LogP contribution in [0.1, 0.15) is 11.1 Å². The number of methoxy groups -OCH3 is 3. The first-order valence-electron chi connectivity index (χ1n) is 8.58. The van der Waals surface area contributed by atoms with Gasteiger partial charge < -0.3 is 19.5 Å². The molecule has 0 atom stereocenters. The molecule has 154 valence electrons. The molecule has 9 heteroatoms. The highest BCUT2D eigenvalue weighted by atomic mass is 79.9. The van der Waals surface area contributed by atoms with Crippen LogP contribution in [-0.4, -0.2) is 38.7 Å². The number of amides is 1.